The van der Waals surface area contributed by atoms with E-state index in [1.165, 1.54) is 11.3 Å². The van der Waals surface area contributed by atoms with Crippen molar-refractivity contribution in [2.75, 3.05) is 0 Å². The highest BCUT2D eigenvalue weighted by Gasteiger charge is 2.30. The molecule has 0 radical (unpaired) electrons. The molecule has 1 aromatic carbocycles. The molecule has 0 aliphatic heterocycles. The van der Waals surface area contributed by atoms with Crippen molar-refractivity contribution in [1.29, 1.82) is 0 Å². The number of rotatable bonds is 2. The zero-order valence-corrected chi connectivity index (χ0v) is 9.72. The number of carbonyl (C=O) groups is 1. The van der Waals surface area contributed by atoms with E-state index in [-0.39, 0.29) is 5.75 Å². The highest BCUT2D eigenvalue weighted by molar-refractivity contribution is 7.12. The molecule has 0 fully saturated rings. The number of ether oxygens (including phenoxy) is 1. The predicted octanol–water partition coefficient (Wildman–Crippen LogP) is 3.99. The summed E-state index contributed by atoms with van der Waals surface area (Å²) < 4.78 is 41.8. The van der Waals surface area contributed by atoms with Crippen LogP contribution in [0.15, 0.2) is 41.8 Å². The summed E-state index contributed by atoms with van der Waals surface area (Å²) in [7, 11) is 0. The molecule has 0 atom stereocenters. The lowest BCUT2D eigenvalue weighted by Crippen LogP contribution is -2.07. The van der Waals surface area contributed by atoms with E-state index in [4.69, 9.17) is 4.74 Å². The highest BCUT2D eigenvalue weighted by atomic mass is 32.1. The standard InChI is InChI=1S/C12H7F3O2S/c13-12(14,15)8-3-5-9(6-4-8)17-11(16)10-2-1-7-18-10/h1-7H. The van der Waals surface area contributed by atoms with Crippen LogP contribution in [0.2, 0.25) is 0 Å². The summed E-state index contributed by atoms with van der Waals surface area (Å²) in [5, 5.41) is 1.71. The minimum Gasteiger partial charge on any atom is -0.422 e. The Morgan fingerprint density at radius 1 is 1.11 bits per heavy atom. The highest BCUT2D eigenvalue weighted by Crippen LogP contribution is 2.30. The Balaban J connectivity index is 2.09. The van der Waals surface area contributed by atoms with Gasteiger partial charge in [-0.25, -0.2) is 4.79 Å². The van der Waals surface area contributed by atoms with Gasteiger partial charge in [0.1, 0.15) is 10.6 Å². The van der Waals surface area contributed by atoms with E-state index >= 15 is 0 Å². The van der Waals surface area contributed by atoms with Crippen molar-refractivity contribution in [3.05, 3.63) is 52.2 Å². The topological polar surface area (TPSA) is 26.3 Å². The SMILES string of the molecule is O=C(Oc1ccc(C(F)(F)F)cc1)c1cccs1. The van der Waals surface area contributed by atoms with E-state index in [2.05, 4.69) is 0 Å². The van der Waals surface area contributed by atoms with Crippen LogP contribution in [-0.4, -0.2) is 5.97 Å². The first-order valence-electron chi connectivity index (χ1n) is 4.90. The third-order valence-corrected chi connectivity index (χ3v) is 2.96. The fourth-order valence-electron chi connectivity index (χ4n) is 1.26. The zero-order valence-electron chi connectivity index (χ0n) is 8.90. The Morgan fingerprint density at radius 3 is 2.28 bits per heavy atom. The molecule has 2 nitrogen and oxygen atoms in total. The number of alkyl halides is 3. The number of thiophene rings is 1. The summed E-state index contributed by atoms with van der Waals surface area (Å²) >= 11 is 1.20. The van der Waals surface area contributed by atoms with Gasteiger partial charge in [0.2, 0.25) is 0 Å². The summed E-state index contributed by atoms with van der Waals surface area (Å²) in [4.78, 5) is 11.9. The molecule has 6 heteroatoms. The van der Waals surface area contributed by atoms with E-state index in [1.54, 1.807) is 17.5 Å². The van der Waals surface area contributed by atoms with Crippen molar-refractivity contribution in [3.8, 4) is 5.75 Å². The van der Waals surface area contributed by atoms with E-state index < -0.39 is 17.7 Å². The Bertz CT molecular complexity index is 529. The Hall–Kier alpha value is -1.82. The first kappa shape index (κ1) is 12.6. The van der Waals surface area contributed by atoms with E-state index in [0.29, 0.717) is 4.88 Å². The molecule has 0 N–H and O–H groups in total. The second kappa shape index (κ2) is 4.81. The molecule has 0 aliphatic rings. The van der Waals surface area contributed by atoms with Crippen LogP contribution in [0.5, 0.6) is 5.75 Å². The second-order valence-corrected chi connectivity index (χ2v) is 4.34. The second-order valence-electron chi connectivity index (χ2n) is 3.39. The van der Waals surface area contributed by atoms with Gasteiger partial charge in [-0.1, -0.05) is 6.07 Å². The van der Waals surface area contributed by atoms with Crippen LogP contribution in [0.25, 0.3) is 0 Å². The lowest BCUT2D eigenvalue weighted by molar-refractivity contribution is -0.137. The summed E-state index contributed by atoms with van der Waals surface area (Å²) in [6, 6.07) is 7.25. The summed E-state index contributed by atoms with van der Waals surface area (Å²) in [5.41, 5.74) is -0.779. The molecule has 0 aliphatic carbocycles. The van der Waals surface area contributed by atoms with Crippen LogP contribution in [0.3, 0.4) is 0 Å². The zero-order chi connectivity index (χ0) is 13.2. The molecule has 0 amide bonds. The molecule has 94 valence electrons. The van der Waals surface area contributed by atoms with Crippen LogP contribution in [0.4, 0.5) is 13.2 Å². The van der Waals surface area contributed by atoms with Gasteiger partial charge in [-0.15, -0.1) is 11.3 Å². The third kappa shape index (κ3) is 2.89. The lowest BCUT2D eigenvalue weighted by Gasteiger charge is -2.07. The van der Waals surface area contributed by atoms with Gasteiger partial charge in [-0.3, -0.25) is 0 Å². The van der Waals surface area contributed by atoms with Crippen molar-refractivity contribution in [2.45, 2.75) is 6.18 Å². The van der Waals surface area contributed by atoms with Crippen molar-refractivity contribution in [3.63, 3.8) is 0 Å². The molecule has 0 unspecified atom stereocenters. The van der Waals surface area contributed by atoms with E-state index in [1.807, 2.05) is 0 Å². The molecule has 0 bridgehead atoms. The van der Waals surface area contributed by atoms with Crippen LogP contribution in [0, 0.1) is 0 Å². The van der Waals surface area contributed by atoms with Gasteiger partial charge in [-0.05, 0) is 35.7 Å². The molecule has 2 aromatic rings. The molecule has 1 aromatic heterocycles. The normalized spacial score (nSPS) is 11.3. The maximum Gasteiger partial charge on any atom is 0.416 e. The van der Waals surface area contributed by atoms with Gasteiger partial charge in [0.05, 0.1) is 5.56 Å². The number of hydrogen-bond acceptors (Lipinski definition) is 3. The maximum atomic E-state index is 12.3. The number of halogens is 3. The summed E-state index contributed by atoms with van der Waals surface area (Å²) in [5.74, 6) is -0.494. The van der Waals surface area contributed by atoms with Crippen molar-refractivity contribution < 1.29 is 22.7 Å². The number of benzene rings is 1. The molecular formula is C12H7F3O2S. The number of esters is 1. The molecule has 2 rings (SSSR count). The van der Waals surface area contributed by atoms with Crippen LogP contribution in [0.1, 0.15) is 15.2 Å². The van der Waals surface area contributed by atoms with Gasteiger partial charge in [0.15, 0.2) is 0 Å². The fraction of sp³-hybridized carbons (Fsp3) is 0.0833. The Kier molecular flexibility index (Phi) is 3.38. The van der Waals surface area contributed by atoms with Crippen molar-refractivity contribution in [2.24, 2.45) is 0 Å². The summed E-state index contributed by atoms with van der Waals surface area (Å²) in [6.45, 7) is 0. The van der Waals surface area contributed by atoms with Gasteiger partial charge in [-0.2, -0.15) is 13.2 Å². The maximum absolute atomic E-state index is 12.3. The largest absolute Gasteiger partial charge is 0.422 e. The smallest absolute Gasteiger partial charge is 0.416 e. The monoisotopic (exact) mass is 272 g/mol. The number of carbonyl (C=O) groups excluding carboxylic acids is 1. The quantitative estimate of drug-likeness (QED) is 0.610. The van der Waals surface area contributed by atoms with Crippen LogP contribution >= 0.6 is 11.3 Å². The van der Waals surface area contributed by atoms with Gasteiger partial charge in [0, 0.05) is 0 Å². The van der Waals surface area contributed by atoms with Crippen LogP contribution in [-0.2, 0) is 6.18 Å². The van der Waals surface area contributed by atoms with E-state index in [0.717, 1.165) is 24.3 Å². The van der Waals surface area contributed by atoms with Gasteiger partial charge >= 0.3 is 12.1 Å². The van der Waals surface area contributed by atoms with Gasteiger partial charge in [0.25, 0.3) is 0 Å². The molecular weight excluding hydrogens is 265 g/mol. The molecule has 0 spiro atoms. The predicted molar refractivity (Wildman–Crippen MR) is 60.7 cm³/mol. The Morgan fingerprint density at radius 2 is 1.78 bits per heavy atom. The number of hydrogen-bond donors (Lipinski definition) is 0. The van der Waals surface area contributed by atoms with Crippen molar-refractivity contribution in [1.82, 2.24) is 0 Å². The van der Waals surface area contributed by atoms with Gasteiger partial charge < -0.3 is 4.74 Å². The average molecular weight is 272 g/mol. The Labute approximate surface area is 105 Å². The average Bonchev–Trinajstić information content (AvgIpc) is 2.82. The minimum atomic E-state index is -4.39. The minimum absolute atomic E-state index is 0.0846. The van der Waals surface area contributed by atoms with Crippen LogP contribution < -0.4 is 4.74 Å². The van der Waals surface area contributed by atoms with E-state index in [9.17, 15) is 18.0 Å². The van der Waals surface area contributed by atoms with Crippen molar-refractivity contribution >= 4 is 17.3 Å². The lowest BCUT2D eigenvalue weighted by atomic mass is 10.2. The third-order valence-electron chi connectivity index (χ3n) is 2.11. The molecule has 18 heavy (non-hydrogen) atoms. The fourth-order valence-corrected chi connectivity index (χ4v) is 1.86. The molecule has 0 saturated heterocycles. The first-order chi connectivity index (χ1) is 8.47. The first-order valence-corrected chi connectivity index (χ1v) is 5.78. The molecule has 0 saturated carbocycles. The summed E-state index contributed by atoms with van der Waals surface area (Å²) in [6.07, 6.45) is -4.39. The molecule has 1 heterocycles.